The molecule has 1 aromatic carbocycles. The average Bonchev–Trinajstić information content (AvgIpc) is 2.45. The van der Waals surface area contributed by atoms with Gasteiger partial charge in [-0.1, -0.05) is 43.0 Å². The van der Waals surface area contributed by atoms with Crippen LogP contribution in [-0.2, 0) is 10.0 Å². The number of hydrogen-bond donors (Lipinski definition) is 1. The molecule has 1 unspecified atom stereocenters. The molecule has 1 aliphatic rings. The summed E-state index contributed by atoms with van der Waals surface area (Å²) in [5, 5.41) is 0.283. The molecule has 7 heteroatoms. The topological polar surface area (TPSA) is 63.4 Å². The van der Waals surface area contributed by atoms with Crippen LogP contribution < -0.4 is 5.73 Å². The molecule has 1 saturated heterocycles. The Hall–Kier alpha value is -0.490. The molecule has 0 bridgehead atoms. The van der Waals surface area contributed by atoms with Crippen LogP contribution in [0.15, 0.2) is 17.0 Å². The van der Waals surface area contributed by atoms with Gasteiger partial charge in [0, 0.05) is 12.6 Å². The normalized spacial score (nSPS) is 20.6. The van der Waals surface area contributed by atoms with E-state index < -0.39 is 10.0 Å². The number of nitrogen functional groups attached to an aromatic ring is 1. The van der Waals surface area contributed by atoms with Crippen LogP contribution in [0.3, 0.4) is 0 Å². The molecule has 0 amide bonds. The summed E-state index contributed by atoms with van der Waals surface area (Å²) in [5.74, 6) is 0. The van der Waals surface area contributed by atoms with Crippen molar-refractivity contribution in [3.63, 3.8) is 0 Å². The van der Waals surface area contributed by atoms with Crippen molar-refractivity contribution in [1.82, 2.24) is 4.31 Å². The molecule has 0 radical (unpaired) electrons. The molecule has 1 atom stereocenters. The Labute approximate surface area is 136 Å². The summed E-state index contributed by atoms with van der Waals surface area (Å²) in [7, 11) is -3.64. The first kappa shape index (κ1) is 16.9. The van der Waals surface area contributed by atoms with Crippen molar-refractivity contribution < 1.29 is 8.42 Å². The van der Waals surface area contributed by atoms with Gasteiger partial charge in [0.2, 0.25) is 10.0 Å². The second kappa shape index (κ2) is 6.73. The predicted octanol–water partition coefficient (Wildman–Crippen LogP) is 3.92. The van der Waals surface area contributed by atoms with Crippen LogP contribution in [-0.4, -0.2) is 25.3 Å². The summed E-state index contributed by atoms with van der Waals surface area (Å²) >= 11 is 12.0. The maximum Gasteiger partial charge on any atom is 0.244 e. The second-order valence-corrected chi connectivity index (χ2v) is 7.97. The number of benzene rings is 1. The van der Waals surface area contributed by atoms with Gasteiger partial charge in [0.15, 0.2) is 0 Å². The van der Waals surface area contributed by atoms with Gasteiger partial charge in [-0.2, -0.15) is 4.31 Å². The van der Waals surface area contributed by atoms with Gasteiger partial charge in [-0.05, 0) is 31.4 Å². The quantitative estimate of drug-likeness (QED) is 0.837. The third-order valence-electron chi connectivity index (χ3n) is 3.87. The number of nitrogens with zero attached hydrogens (tertiary/aromatic N) is 1. The Kier molecular flexibility index (Phi) is 5.41. The first-order valence-electron chi connectivity index (χ1n) is 7.15. The van der Waals surface area contributed by atoms with Gasteiger partial charge in [0.25, 0.3) is 0 Å². The molecule has 0 saturated carbocycles. The summed E-state index contributed by atoms with van der Waals surface area (Å²) in [5.41, 5.74) is 5.87. The summed E-state index contributed by atoms with van der Waals surface area (Å²) in [4.78, 5) is 0.0501. The molecule has 118 valence electrons. The highest BCUT2D eigenvalue weighted by Crippen LogP contribution is 2.36. The molecular formula is C14H20Cl2N2O2S. The van der Waals surface area contributed by atoms with E-state index in [1.807, 2.05) is 0 Å². The lowest BCUT2D eigenvalue weighted by Gasteiger charge is -2.34. The summed E-state index contributed by atoms with van der Waals surface area (Å²) < 4.78 is 27.4. The van der Waals surface area contributed by atoms with Gasteiger partial charge in [0.05, 0.1) is 15.7 Å². The largest absolute Gasteiger partial charge is 0.396 e. The number of anilines is 1. The number of nitrogens with two attached hydrogens (primary N) is 1. The highest BCUT2D eigenvalue weighted by molar-refractivity contribution is 7.89. The maximum absolute atomic E-state index is 12.9. The van der Waals surface area contributed by atoms with Crippen molar-refractivity contribution in [2.24, 2.45) is 0 Å². The standard InChI is InChI=1S/C14H20Cl2N2O2S/c1-2-5-10-6-3-4-9-18(10)21(19,20)12-8-7-11(15)14(17)13(12)16/h7-8,10H,2-6,9,17H2,1H3. The lowest BCUT2D eigenvalue weighted by Crippen LogP contribution is -2.43. The van der Waals surface area contributed by atoms with Crippen LogP contribution in [0.4, 0.5) is 5.69 Å². The van der Waals surface area contributed by atoms with Gasteiger partial charge in [-0.15, -0.1) is 0 Å². The van der Waals surface area contributed by atoms with E-state index in [4.69, 9.17) is 28.9 Å². The molecule has 0 aliphatic carbocycles. The van der Waals surface area contributed by atoms with E-state index >= 15 is 0 Å². The number of rotatable bonds is 4. The minimum atomic E-state index is -3.64. The molecular weight excluding hydrogens is 331 g/mol. The van der Waals surface area contributed by atoms with Crippen molar-refractivity contribution >= 4 is 38.9 Å². The number of hydrogen-bond acceptors (Lipinski definition) is 3. The van der Waals surface area contributed by atoms with Gasteiger partial charge < -0.3 is 5.73 Å². The molecule has 2 rings (SSSR count). The van der Waals surface area contributed by atoms with E-state index in [1.165, 1.54) is 12.1 Å². The van der Waals surface area contributed by atoms with Gasteiger partial charge >= 0.3 is 0 Å². The Bertz CT molecular complexity index is 618. The van der Waals surface area contributed by atoms with Crippen LogP contribution in [0.2, 0.25) is 10.0 Å². The molecule has 2 N–H and O–H groups in total. The van der Waals surface area contributed by atoms with Crippen molar-refractivity contribution in [2.75, 3.05) is 12.3 Å². The van der Waals surface area contributed by atoms with E-state index in [2.05, 4.69) is 6.92 Å². The van der Waals surface area contributed by atoms with E-state index in [0.717, 1.165) is 32.1 Å². The number of piperidine rings is 1. The number of sulfonamides is 1. The maximum atomic E-state index is 12.9. The van der Waals surface area contributed by atoms with Crippen LogP contribution in [0.25, 0.3) is 0 Å². The fourth-order valence-electron chi connectivity index (χ4n) is 2.79. The lowest BCUT2D eigenvalue weighted by atomic mass is 10.0. The van der Waals surface area contributed by atoms with Crippen molar-refractivity contribution in [3.05, 3.63) is 22.2 Å². The van der Waals surface area contributed by atoms with Crippen LogP contribution in [0, 0.1) is 0 Å². The zero-order chi connectivity index (χ0) is 15.6. The number of halogens is 2. The third kappa shape index (κ3) is 3.31. The van der Waals surface area contributed by atoms with Crippen LogP contribution in [0.1, 0.15) is 39.0 Å². The zero-order valence-corrected chi connectivity index (χ0v) is 14.3. The molecule has 21 heavy (non-hydrogen) atoms. The highest BCUT2D eigenvalue weighted by atomic mass is 35.5. The lowest BCUT2D eigenvalue weighted by molar-refractivity contribution is 0.239. The first-order valence-corrected chi connectivity index (χ1v) is 9.34. The van der Waals surface area contributed by atoms with Crippen molar-refractivity contribution in [3.8, 4) is 0 Å². The monoisotopic (exact) mass is 350 g/mol. The first-order chi connectivity index (χ1) is 9.89. The van der Waals surface area contributed by atoms with Crippen molar-refractivity contribution in [1.29, 1.82) is 0 Å². The van der Waals surface area contributed by atoms with Crippen molar-refractivity contribution in [2.45, 2.75) is 50.0 Å². The van der Waals surface area contributed by atoms with Gasteiger partial charge in [-0.3, -0.25) is 0 Å². The minimum Gasteiger partial charge on any atom is -0.396 e. The minimum absolute atomic E-state index is 0.0170. The second-order valence-electron chi connectivity index (χ2n) is 5.33. The van der Waals surface area contributed by atoms with Crippen LogP contribution >= 0.6 is 23.2 Å². The van der Waals surface area contributed by atoms with Gasteiger partial charge in [0.1, 0.15) is 4.90 Å². The average molecular weight is 351 g/mol. The summed E-state index contributed by atoms with van der Waals surface area (Å²) in [6.45, 7) is 2.60. The molecule has 1 heterocycles. The van der Waals surface area contributed by atoms with Crippen LogP contribution in [0.5, 0.6) is 0 Å². The zero-order valence-electron chi connectivity index (χ0n) is 12.0. The molecule has 0 aromatic heterocycles. The van der Waals surface area contributed by atoms with E-state index in [1.54, 1.807) is 4.31 Å². The fourth-order valence-corrected chi connectivity index (χ4v) is 5.25. The molecule has 1 aliphatic heterocycles. The summed E-state index contributed by atoms with van der Waals surface area (Å²) in [6, 6.07) is 2.96. The Morgan fingerprint density at radius 1 is 1.33 bits per heavy atom. The molecule has 0 spiro atoms. The molecule has 1 fully saturated rings. The molecule has 1 aromatic rings. The smallest absolute Gasteiger partial charge is 0.244 e. The Morgan fingerprint density at radius 2 is 2.05 bits per heavy atom. The third-order valence-corrected chi connectivity index (χ3v) is 6.72. The van der Waals surface area contributed by atoms with E-state index in [-0.39, 0.29) is 26.7 Å². The fraction of sp³-hybridized carbons (Fsp3) is 0.571. The van der Waals surface area contributed by atoms with Gasteiger partial charge in [-0.25, -0.2) is 8.42 Å². The van der Waals surface area contributed by atoms with E-state index in [0.29, 0.717) is 6.54 Å². The Morgan fingerprint density at radius 3 is 2.71 bits per heavy atom. The van der Waals surface area contributed by atoms with E-state index in [9.17, 15) is 8.42 Å². The molecule has 4 nitrogen and oxygen atoms in total. The summed E-state index contributed by atoms with van der Waals surface area (Å²) in [6.07, 6.45) is 4.65. The SMILES string of the molecule is CCCC1CCCCN1S(=O)(=O)c1ccc(Cl)c(N)c1Cl. The Balaban J connectivity index is 2.43. The predicted molar refractivity (Wildman–Crippen MR) is 87.3 cm³/mol. The highest BCUT2D eigenvalue weighted by Gasteiger charge is 2.34.